The van der Waals surface area contributed by atoms with Crippen LogP contribution in [0.15, 0.2) is 11.3 Å². The number of hydrogen-bond donors (Lipinski definition) is 4. The lowest BCUT2D eigenvalue weighted by Gasteiger charge is -2.08. The molecule has 0 amide bonds. The highest BCUT2D eigenvalue weighted by molar-refractivity contribution is 7.98. The van der Waals surface area contributed by atoms with Gasteiger partial charge in [-0.25, -0.2) is 18.1 Å². The van der Waals surface area contributed by atoms with Crippen molar-refractivity contribution in [3.05, 3.63) is 17.7 Å². The first-order valence-electron chi connectivity index (χ1n) is 6.87. The zero-order valence-electron chi connectivity index (χ0n) is 13.1. The van der Waals surface area contributed by atoms with Gasteiger partial charge < -0.3 is 10.3 Å². The van der Waals surface area contributed by atoms with Gasteiger partial charge in [0.05, 0.1) is 24.8 Å². The molecule has 0 fully saturated rings. The summed E-state index contributed by atoms with van der Waals surface area (Å²) in [5, 5.41) is 14.1. The van der Waals surface area contributed by atoms with Crippen LogP contribution in [0.5, 0.6) is 0 Å². The number of sulfonamides is 1. The number of aryl methyl sites for hydroxylation is 1. The highest BCUT2D eigenvalue weighted by atomic mass is 32.2. The van der Waals surface area contributed by atoms with E-state index >= 15 is 0 Å². The molecule has 4 N–H and O–H groups in total. The maximum absolute atomic E-state index is 10.9. The third-order valence-electron chi connectivity index (χ3n) is 2.63. The number of H-pyrrole nitrogens is 1. The molecular formula is C12H21N7O2S2. The minimum atomic E-state index is -3.22. The summed E-state index contributed by atoms with van der Waals surface area (Å²) in [7, 11) is -3.22. The number of rotatable bonds is 9. The first-order chi connectivity index (χ1) is 10.9. The van der Waals surface area contributed by atoms with Crippen LogP contribution in [0.2, 0.25) is 0 Å². The second-order valence-electron chi connectivity index (χ2n) is 4.59. The van der Waals surface area contributed by atoms with Crippen molar-refractivity contribution in [1.29, 1.82) is 5.26 Å². The van der Waals surface area contributed by atoms with Crippen LogP contribution in [0, 0.1) is 18.4 Å². The topological polar surface area (TPSA) is 135 Å². The van der Waals surface area contributed by atoms with E-state index in [9.17, 15) is 8.42 Å². The van der Waals surface area contributed by atoms with E-state index in [1.807, 2.05) is 6.92 Å². The molecule has 0 bridgehead atoms. The predicted octanol–water partition coefficient (Wildman–Crippen LogP) is -0.483. The van der Waals surface area contributed by atoms with Gasteiger partial charge in [-0.2, -0.15) is 17.0 Å². The molecule has 0 unspecified atom stereocenters. The van der Waals surface area contributed by atoms with E-state index < -0.39 is 10.0 Å². The summed E-state index contributed by atoms with van der Waals surface area (Å²) < 4.78 is 24.2. The Balaban J connectivity index is 2.24. The molecule has 1 rings (SSSR count). The molecule has 0 aromatic carbocycles. The van der Waals surface area contributed by atoms with Crippen molar-refractivity contribution in [2.45, 2.75) is 12.7 Å². The Labute approximate surface area is 140 Å². The molecule has 1 heterocycles. The van der Waals surface area contributed by atoms with Gasteiger partial charge in [-0.3, -0.25) is 10.3 Å². The van der Waals surface area contributed by atoms with E-state index in [0.717, 1.165) is 29.1 Å². The number of aromatic amines is 1. The fraction of sp³-hybridized carbons (Fsp3) is 0.583. The number of aromatic nitrogens is 2. The second kappa shape index (κ2) is 10.1. The molecule has 0 aliphatic carbocycles. The first-order valence-corrected chi connectivity index (χ1v) is 9.91. The summed E-state index contributed by atoms with van der Waals surface area (Å²) >= 11 is 1.71. The number of imidazole rings is 1. The first kappa shape index (κ1) is 19.3. The van der Waals surface area contributed by atoms with Gasteiger partial charge in [0, 0.05) is 30.3 Å². The predicted molar refractivity (Wildman–Crippen MR) is 91.4 cm³/mol. The summed E-state index contributed by atoms with van der Waals surface area (Å²) in [4.78, 5) is 11.3. The Morgan fingerprint density at radius 1 is 1.52 bits per heavy atom. The van der Waals surface area contributed by atoms with Crippen molar-refractivity contribution in [3.8, 4) is 6.19 Å². The molecule has 0 atom stereocenters. The molecule has 128 valence electrons. The summed E-state index contributed by atoms with van der Waals surface area (Å²) in [6.45, 7) is 3.03. The van der Waals surface area contributed by atoms with E-state index in [2.05, 4.69) is 30.3 Å². The minimum absolute atomic E-state index is 0.185. The Hall–Kier alpha value is -1.77. The lowest BCUT2D eigenvalue weighted by atomic mass is 10.4. The van der Waals surface area contributed by atoms with Gasteiger partial charge in [-0.15, -0.1) is 0 Å². The van der Waals surface area contributed by atoms with Gasteiger partial charge in [-0.05, 0) is 6.92 Å². The van der Waals surface area contributed by atoms with Crippen LogP contribution in [-0.2, 0) is 15.8 Å². The molecule has 23 heavy (non-hydrogen) atoms. The molecule has 0 aliphatic heterocycles. The number of nitriles is 1. The number of nitrogens with zero attached hydrogens (tertiary/aromatic N) is 3. The fourth-order valence-corrected chi connectivity index (χ4v) is 2.87. The maximum atomic E-state index is 10.9. The number of hydrogen-bond acceptors (Lipinski definition) is 6. The Morgan fingerprint density at radius 3 is 2.91 bits per heavy atom. The molecule has 0 saturated carbocycles. The summed E-state index contributed by atoms with van der Waals surface area (Å²) in [5.41, 5.74) is 2.10. The van der Waals surface area contributed by atoms with E-state index in [1.165, 1.54) is 0 Å². The third-order valence-corrected chi connectivity index (χ3v) is 4.33. The lowest BCUT2D eigenvalue weighted by Crippen LogP contribution is -2.36. The average molecular weight is 359 g/mol. The van der Waals surface area contributed by atoms with Gasteiger partial charge in [0.2, 0.25) is 16.0 Å². The van der Waals surface area contributed by atoms with Gasteiger partial charge in [0.15, 0.2) is 6.19 Å². The van der Waals surface area contributed by atoms with Crippen LogP contribution in [-0.4, -0.2) is 56.0 Å². The van der Waals surface area contributed by atoms with Gasteiger partial charge in [0.25, 0.3) is 0 Å². The minimum Gasteiger partial charge on any atom is -0.355 e. The molecule has 9 nitrogen and oxygen atoms in total. The van der Waals surface area contributed by atoms with Crippen LogP contribution in [0.25, 0.3) is 0 Å². The fourth-order valence-electron chi connectivity index (χ4n) is 1.53. The largest absolute Gasteiger partial charge is 0.355 e. The van der Waals surface area contributed by atoms with Gasteiger partial charge in [0.1, 0.15) is 0 Å². The summed E-state index contributed by atoms with van der Waals surface area (Å²) in [5.74, 6) is 1.97. The van der Waals surface area contributed by atoms with Crippen molar-refractivity contribution in [1.82, 2.24) is 25.3 Å². The highest BCUT2D eigenvalue weighted by Crippen LogP contribution is 2.11. The zero-order valence-corrected chi connectivity index (χ0v) is 14.7. The molecule has 0 aliphatic rings. The maximum Gasteiger partial charge on any atom is 0.208 e. The number of aliphatic imine (C=N–C) groups is 1. The van der Waals surface area contributed by atoms with Crippen molar-refractivity contribution in [2.75, 3.05) is 31.6 Å². The summed E-state index contributed by atoms with van der Waals surface area (Å²) in [6.07, 6.45) is 4.55. The van der Waals surface area contributed by atoms with Crippen molar-refractivity contribution in [3.63, 3.8) is 0 Å². The molecular weight excluding hydrogens is 338 g/mol. The average Bonchev–Trinajstić information content (AvgIpc) is 2.87. The van der Waals surface area contributed by atoms with Crippen LogP contribution in [0.1, 0.15) is 11.4 Å². The monoisotopic (exact) mass is 359 g/mol. The standard InChI is InChI=1S/C12H21N7O2S2/c1-10-11(18-9-17-10)7-22-6-5-15-12(16-8-13)14-3-4-19-23(2,20)21/h9,19H,3-7H2,1-2H3,(H,17,18)(H2,14,15,16). The van der Waals surface area contributed by atoms with Crippen LogP contribution in [0.4, 0.5) is 0 Å². The number of thioether (sulfide) groups is 1. The van der Waals surface area contributed by atoms with Crippen molar-refractivity contribution < 1.29 is 8.42 Å². The van der Waals surface area contributed by atoms with Crippen LogP contribution >= 0.6 is 11.8 Å². The smallest absolute Gasteiger partial charge is 0.208 e. The van der Waals surface area contributed by atoms with E-state index in [4.69, 9.17) is 5.26 Å². The molecule has 11 heteroatoms. The molecule has 1 aromatic heterocycles. The normalized spacial score (nSPS) is 12.0. The Kier molecular flexibility index (Phi) is 8.46. The van der Waals surface area contributed by atoms with Crippen molar-refractivity contribution in [2.24, 2.45) is 4.99 Å². The molecule has 0 saturated heterocycles. The number of guanidine groups is 1. The number of nitrogens with one attached hydrogen (secondary N) is 4. The van der Waals surface area contributed by atoms with E-state index in [1.54, 1.807) is 24.3 Å². The van der Waals surface area contributed by atoms with Crippen LogP contribution in [0.3, 0.4) is 0 Å². The lowest BCUT2D eigenvalue weighted by molar-refractivity contribution is 0.588. The summed E-state index contributed by atoms with van der Waals surface area (Å²) in [6, 6.07) is 0. The third kappa shape index (κ3) is 9.07. The van der Waals surface area contributed by atoms with Gasteiger partial charge in [-0.1, -0.05) is 0 Å². The second-order valence-corrected chi connectivity index (χ2v) is 7.53. The highest BCUT2D eigenvalue weighted by Gasteiger charge is 2.02. The quantitative estimate of drug-likeness (QED) is 0.154. The molecule has 1 aromatic rings. The molecule has 0 radical (unpaired) electrons. The SMILES string of the molecule is Cc1[nH]cnc1CSCCNC(=NCCNS(C)(=O)=O)NC#N. The van der Waals surface area contributed by atoms with Gasteiger partial charge >= 0.3 is 0 Å². The van der Waals surface area contributed by atoms with E-state index in [0.29, 0.717) is 12.5 Å². The van der Waals surface area contributed by atoms with E-state index in [-0.39, 0.29) is 13.1 Å². The zero-order chi connectivity index (χ0) is 17.1. The Morgan fingerprint density at radius 2 is 2.30 bits per heavy atom. The Bertz CT molecular complexity index is 649. The van der Waals surface area contributed by atoms with Crippen molar-refractivity contribution >= 4 is 27.7 Å². The molecule has 0 spiro atoms. The van der Waals surface area contributed by atoms with Crippen LogP contribution < -0.4 is 15.4 Å².